The molecule has 19 heteroatoms. The van der Waals surface area contributed by atoms with Crippen molar-refractivity contribution in [1.82, 2.24) is 0 Å². The van der Waals surface area contributed by atoms with Gasteiger partial charge in [0.2, 0.25) is 0 Å². The van der Waals surface area contributed by atoms with Crippen molar-refractivity contribution in [3.8, 4) is 11.5 Å². The standard InChI is InChI=1S/C45H61Cl2N7O10/c1-6-10-12-33(8-3)30-63-42-29-40(51-49-38-17-15-36(53(57)58)27-41(38)54(59)60)43(64-31-34(9-4)13-11-7-2)28-39(42)50-48-37-16-14-35(26-32(37)5)52(22-24-61-44(55)18-20-46)23-25-62-45(56)19-21-47/h14-17,26-29,33-34H,6-13,18-25,30-31H2,1-5H3. The highest BCUT2D eigenvalue weighted by Gasteiger charge is 2.21. The number of non-ortho nitro benzene ring substituents is 1. The lowest BCUT2D eigenvalue weighted by Gasteiger charge is -2.25. The van der Waals surface area contributed by atoms with Crippen LogP contribution in [0.25, 0.3) is 0 Å². The normalized spacial score (nSPS) is 12.3. The summed E-state index contributed by atoms with van der Waals surface area (Å²) in [6.45, 7) is 11.9. The summed E-state index contributed by atoms with van der Waals surface area (Å²) in [6, 6.07) is 12.0. The van der Waals surface area contributed by atoms with Crippen molar-refractivity contribution in [3.63, 3.8) is 0 Å². The smallest absolute Gasteiger partial charge is 0.307 e. The van der Waals surface area contributed by atoms with Gasteiger partial charge in [-0.25, -0.2) is 0 Å². The predicted octanol–water partition coefficient (Wildman–Crippen LogP) is 13.0. The van der Waals surface area contributed by atoms with Crippen molar-refractivity contribution in [2.24, 2.45) is 32.3 Å². The summed E-state index contributed by atoms with van der Waals surface area (Å²) in [5, 5.41) is 41.2. The highest BCUT2D eigenvalue weighted by molar-refractivity contribution is 6.19. The molecule has 3 rings (SSSR count). The fourth-order valence-corrected chi connectivity index (χ4v) is 6.67. The number of aryl methyl sites for hydroxylation is 1. The van der Waals surface area contributed by atoms with Crippen molar-refractivity contribution < 1.29 is 38.4 Å². The maximum Gasteiger partial charge on any atom is 0.307 e. The van der Waals surface area contributed by atoms with Crippen molar-refractivity contribution in [2.75, 3.05) is 56.2 Å². The SMILES string of the molecule is CCCCC(CC)COc1cc(N=Nc2ccc([N+](=O)[O-])cc2[N+](=O)[O-])c(OCC(CC)CCCC)cc1N=Nc1ccc(N(CCOC(=O)CCCl)CCOC(=O)CCCl)cc1C. The zero-order valence-corrected chi connectivity index (χ0v) is 39.0. The largest absolute Gasteiger partial charge is 0.491 e. The van der Waals surface area contributed by atoms with E-state index in [9.17, 15) is 29.8 Å². The lowest BCUT2D eigenvalue weighted by Crippen LogP contribution is -2.32. The van der Waals surface area contributed by atoms with E-state index in [4.69, 9.17) is 42.1 Å². The van der Waals surface area contributed by atoms with Crippen LogP contribution in [0.2, 0.25) is 0 Å². The first-order valence-corrected chi connectivity index (χ1v) is 22.9. The van der Waals surface area contributed by atoms with Gasteiger partial charge in [0.25, 0.3) is 5.69 Å². The van der Waals surface area contributed by atoms with Gasteiger partial charge in [0, 0.05) is 35.6 Å². The third-order valence-corrected chi connectivity index (χ3v) is 10.7. The molecule has 0 radical (unpaired) electrons. The molecule has 0 aliphatic rings. The zero-order chi connectivity index (χ0) is 46.9. The third kappa shape index (κ3) is 18.0. The molecule has 0 saturated carbocycles. The molecule has 0 heterocycles. The van der Waals surface area contributed by atoms with Crippen LogP contribution in [0.4, 0.5) is 39.8 Å². The third-order valence-electron chi connectivity index (χ3n) is 10.4. The van der Waals surface area contributed by atoms with E-state index in [0.717, 1.165) is 74.8 Å². The molecule has 0 amide bonds. The molecule has 17 nitrogen and oxygen atoms in total. The molecule has 0 aromatic heterocycles. The van der Waals surface area contributed by atoms with Gasteiger partial charge in [0.1, 0.15) is 36.1 Å². The van der Waals surface area contributed by atoms with E-state index in [1.807, 2.05) is 24.0 Å². The van der Waals surface area contributed by atoms with E-state index in [-0.39, 0.29) is 61.0 Å². The lowest BCUT2D eigenvalue weighted by molar-refractivity contribution is -0.393. The van der Waals surface area contributed by atoms with E-state index < -0.39 is 33.2 Å². The first kappa shape index (κ1) is 52.9. The summed E-state index contributed by atoms with van der Waals surface area (Å²) in [5.41, 5.74) is 1.46. The Balaban J connectivity index is 2.11. The molecule has 0 saturated heterocycles. The number of nitro benzene ring substituents is 2. The predicted molar refractivity (Wildman–Crippen MR) is 248 cm³/mol. The first-order valence-electron chi connectivity index (χ1n) is 21.9. The lowest BCUT2D eigenvalue weighted by atomic mass is 10.0. The van der Waals surface area contributed by atoms with E-state index in [0.29, 0.717) is 49.2 Å². The Morgan fingerprint density at radius 2 is 1.16 bits per heavy atom. The maximum absolute atomic E-state index is 12.0. The van der Waals surface area contributed by atoms with Crippen LogP contribution in [0.15, 0.2) is 69.0 Å². The average molecular weight is 931 g/mol. The second-order valence-corrected chi connectivity index (χ2v) is 15.9. The van der Waals surface area contributed by atoms with Gasteiger partial charge in [0.05, 0.1) is 60.7 Å². The molecule has 3 aromatic carbocycles. The van der Waals surface area contributed by atoms with Gasteiger partial charge in [-0.1, -0.05) is 66.2 Å². The number of anilines is 1. The number of nitro groups is 2. The summed E-state index contributed by atoms with van der Waals surface area (Å²) in [5.74, 6) is 0.602. The number of alkyl halides is 2. The second-order valence-electron chi connectivity index (χ2n) is 15.1. The maximum atomic E-state index is 12.0. The highest BCUT2D eigenvalue weighted by Crippen LogP contribution is 2.43. The fourth-order valence-electron chi connectivity index (χ4n) is 6.37. The molecule has 0 aliphatic carbocycles. The minimum absolute atomic E-state index is 0.0901. The molecule has 0 spiro atoms. The fraction of sp³-hybridized carbons (Fsp3) is 0.556. The number of esters is 2. The number of unbranched alkanes of at least 4 members (excludes halogenated alkanes) is 2. The monoisotopic (exact) mass is 929 g/mol. The van der Waals surface area contributed by atoms with Crippen LogP contribution in [0.5, 0.6) is 11.5 Å². The van der Waals surface area contributed by atoms with Gasteiger partial charge in [-0.3, -0.25) is 29.8 Å². The van der Waals surface area contributed by atoms with E-state index in [1.54, 1.807) is 18.2 Å². The molecular weight excluding hydrogens is 869 g/mol. The van der Waals surface area contributed by atoms with Crippen LogP contribution in [-0.4, -0.2) is 73.1 Å². The van der Waals surface area contributed by atoms with Gasteiger partial charge in [-0.15, -0.1) is 38.5 Å². The van der Waals surface area contributed by atoms with Crippen LogP contribution >= 0.6 is 23.2 Å². The van der Waals surface area contributed by atoms with Gasteiger partial charge in [0.15, 0.2) is 5.69 Å². The van der Waals surface area contributed by atoms with Crippen molar-refractivity contribution in [1.29, 1.82) is 0 Å². The van der Waals surface area contributed by atoms with Crippen LogP contribution in [-0.2, 0) is 19.1 Å². The molecule has 3 aromatic rings. The summed E-state index contributed by atoms with van der Waals surface area (Å²) in [6.07, 6.45) is 8.00. The molecular formula is C45H61Cl2N7O10. The van der Waals surface area contributed by atoms with E-state index in [2.05, 4.69) is 48.2 Å². The number of azo groups is 2. The topological polar surface area (TPSA) is 210 Å². The first-order chi connectivity index (χ1) is 30.9. The Morgan fingerprint density at radius 3 is 1.59 bits per heavy atom. The van der Waals surface area contributed by atoms with Crippen molar-refractivity contribution in [3.05, 3.63) is 74.3 Å². The minimum atomic E-state index is -0.744. The molecule has 2 unspecified atom stereocenters. The van der Waals surface area contributed by atoms with Crippen LogP contribution < -0.4 is 14.4 Å². The molecule has 2 atom stereocenters. The number of ether oxygens (including phenoxy) is 4. The average Bonchev–Trinajstić information content (AvgIpc) is 3.28. The minimum Gasteiger partial charge on any atom is -0.491 e. The van der Waals surface area contributed by atoms with Gasteiger partial charge < -0.3 is 23.8 Å². The summed E-state index contributed by atoms with van der Waals surface area (Å²) in [7, 11) is 0. The van der Waals surface area contributed by atoms with E-state index >= 15 is 0 Å². The van der Waals surface area contributed by atoms with Crippen LogP contribution in [0.3, 0.4) is 0 Å². The molecule has 0 fully saturated rings. The van der Waals surface area contributed by atoms with Gasteiger partial charge in [-0.05, 0) is 61.4 Å². The quantitative estimate of drug-likeness (QED) is 0.0195. The Hall–Kier alpha value is -5.42. The highest BCUT2D eigenvalue weighted by atomic mass is 35.5. The van der Waals surface area contributed by atoms with Crippen molar-refractivity contribution in [2.45, 2.75) is 98.8 Å². The Labute approximate surface area is 385 Å². The number of hydrogen-bond donors (Lipinski definition) is 0. The van der Waals surface area contributed by atoms with Gasteiger partial charge in [-0.2, -0.15) is 5.11 Å². The molecule has 64 heavy (non-hydrogen) atoms. The number of carbonyl (C=O) groups excluding carboxylic acids is 2. The Morgan fingerprint density at radius 1 is 0.672 bits per heavy atom. The van der Waals surface area contributed by atoms with Gasteiger partial charge >= 0.3 is 17.6 Å². The van der Waals surface area contributed by atoms with Crippen molar-refractivity contribution >= 4 is 75.0 Å². The molecule has 0 N–H and O–H groups in total. The van der Waals surface area contributed by atoms with Crippen LogP contribution in [0, 0.1) is 39.0 Å². The number of halogens is 2. The second kappa shape index (κ2) is 29.1. The number of nitrogens with zero attached hydrogens (tertiary/aromatic N) is 7. The number of carbonyl (C=O) groups is 2. The number of rotatable bonds is 31. The Kier molecular flexibility index (Phi) is 24.1. The van der Waals surface area contributed by atoms with Crippen LogP contribution in [0.1, 0.15) is 97.5 Å². The molecule has 0 bridgehead atoms. The van der Waals surface area contributed by atoms with E-state index in [1.165, 1.54) is 6.07 Å². The summed E-state index contributed by atoms with van der Waals surface area (Å²) >= 11 is 11.4. The molecule has 0 aliphatic heterocycles. The number of hydrogen-bond acceptors (Lipinski definition) is 15. The summed E-state index contributed by atoms with van der Waals surface area (Å²) < 4.78 is 23.6. The Bertz CT molecular complexity index is 2010. The molecule has 350 valence electrons. The zero-order valence-electron chi connectivity index (χ0n) is 37.5. The summed E-state index contributed by atoms with van der Waals surface area (Å²) in [4.78, 5) is 47.8. The number of benzene rings is 3.